The molecule has 2 fully saturated rings. The first-order chi connectivity index (χ1) is 4.37. The number of hydrogen-bond donors (Lipinski definition) is 1. The van der Waals surface area contributed by atoms with Crippen molar-refractivity contribution in [2.75, 3.05) is 13.1 Å². The third-order valence-corrected chi connectivity index (χ3v) is 2.53. The molecule has 0 aromatic heterocycles. The van der Waals surface area contributed by atoms with Crippen molar-refractivity contribution < 1.29 is 4.79 Å². The van der Waals surface area contributed by atoms with Gasteiger partial charge in [0.25, 0.3) is 0 Å². The smallest absolute Gasteiger partial charge is 0.128 e. The first kappa shape index (κ1) is 5.42. The molecular weight excluding hydrogens is 114 g/mol. The van der Waals surface area contributed by atoms with Gasteiger partial charge in [-0.15, -0.1) is 0 Å². The van der Waals surface area contributed by atoms with Gasteiger partial charge in [0.1, 0.15) is 6.29 Å². The van der Waals surface area contributed by atoms with Gasteiger partial charge in [-0.2, -0.15) is 0 Å². The average Bonchev–Trinajstić information content (AvgIpc) is 2.47. The van der Waals surface area contributed by atoms with Crippen molar-refractivity contribution in [2.24, 2.45) is 11.3 Å². The molecule has 1 aliphatic heterocycles. The summed E-state index contributed by atoms with van der Waals surface area (Å²) in [5, 5.41) is 3.14. The lowest BCUT2D eigenvalue weighted by Crippen LogP contribution is -2.55. The summed E-state index contributed by atoms with van der Waals surface area (Å²) in [6.07, 6.45) is 3.71. The second kappa shape index (κ2) is 1.57. The quantitative estimate of drug-likeness (QED) is 0.533. The van der Waals surface area contributed by atoms with Crippen molar-refractivity contribution in [3.8, 4) is 0 Å². The molecule has 1 saturated heterocycles. The Morgan fingerprint density at radius 2 is 2.11 bits per heavy atom. The summed E-state index contributed by atoms with van der Waals surface area (Å²) in [5.74, 6) is 0.733. The Morgan fingerprint density at radius 1 is 1.44 bits per heavy atom. The van der Waals surface area contributed by atoms with E-state index in [1.54, 1.807) is 0 Å². The van der Waals surface area contributed by atoms with E-state index in [0.717, 1.165) is 25.3 Å². The van der Waals surface area contributed by atoms with Gasteiger partial charge in [-0.25, -0.2) is 0 Å². The van der Waals surface area contributed by atoms with Crippen LogP contribution in [0, 0.1) is 11.3 Å². The van der Waals surface area contributed by atoms with Crippen LogP contribution >= 0.6 is 0 Å². The number of carbonyl (C=O) groups is 1. The highest BCUT2D eigenvalue weighted by Gasteiger charge is 2.49. The monoisotopic (exact) mass is 125 g/mol. The van der Waals surface area contributed by atoms with Crippen molar-refractivity contribution >= 4 is 6.29 Å². The first-order valence-electron chi connectivity index (χ1n) is 3.54. The van der Waals surface area contributed by atoms with Crippen LogP contribution in [0.1, 0.15) is 12.8 Å². The molecule has 0 atom stereocenters. The van der Waals surface area contributed by atoms with Gasteiger partial charge in [0.05, 0.1) is 5.41 Å². The highest BCUT2D eigenvalue weighted by atomic mass is 16.1. The molecule has 0 radical (unpaired) electrons. The van der Waals surface area contributed by atoms with Gasteiger partial charge in [0.15, 0.2) is 0 Å². The van der Waals surface area contributed by atoms with Crippen LogP contribution in [-0.2, 0) is 4.79 Å². The van der Waals surface area contributed by atoms with Gasteiger partial charge >= 0.3 is 0 Å². The van der Waals surface area contributed by atoms with E-state index in [4.69, 9.17) is 0 Å². The fourth-order valence-electron chi connectivity index (χ4n) is 1.54. The molecule has 0 aromatic carbocycles. The second-order valence-corrected chi connectivity index (χ2v) is 3.23. The van der Waals surface area contributed by atoms with Crippen LogP contribution in [0.15, 0.2) is 0 Å². The number of carbonyl (C=O) groups excluding carboxylic acids is 1. The molecule has 2 rings (SSSR count). The lowest BCUT2D eigenvalue weighted by molar-refractivity contribution is -0.120. The zero-order valence-corrected chi connectivity index (χ0v) is 5.39. The summed E-state index contributed by atoms with van der Waals surface area (Å²) in [6.45, 7) is 1.86. The van der Waals surface area contributed by atoms with Gasteiger partial charge in [0, 0.05) is 13.1 Å². The molecule has 2 heteroatoms. The van der Waals surface area contributed by atoms with Gasteiger partial charge in [0.2, 0.25) is 0 Å². The van der Waals surface area contributed by atoms with Crippen molar-refractivity contribution in [3.05, 3.63) is 0 Å². The SMILES string of the molecule is O=CC1(C2CC2)CNC1. The van der Waals surface area contributed by atoms with Crippen LogP contribution in [0.3, 0.4) is 0 Å². The molecular formula is C7H11NO. The Labute approximate surface area is 54.6 Å². The molecule has 1 N–H and O–H groups in total. The summed E-state index contributed by atoms with van der Waals surface area (Å²) >= 11 is 0. The zero-order valence-electron chi connectivity index (χ0n) is 5.39. The third kappa shape index (κ3) is 0.628. The molecule has 0 amide bonds. The maximum Gasteiger partial charge on any atom is 0.128 e. The summed E-state index contributed by atoms with van der Waals surface area (Å²) < 4.78 is 0. The van der Waals surface area contributed by atoms with Crippen LogP contribution in [0.2, 0.25) is 0 Å². The summed E-state index contributed by atoms with van der Waals surface area (Å²) in [6, 6.07) is 0. The van der Waals surface area contributed by atoms with Gasteiger partial charge in [-0.05, 0) is 18.8 Å². The maximum atomic E-state index is 10.6. The van der Waals surface area contributed by atoms with Crippen LogP contribution in [-0.4, -0.2) is 19.4 Å². The van der Waals surface area contributed by atoms with E-state index in [0.29, 0.717) is 0 Å². The van der Waals surface area contributed by atoms with Gasteiger partial charge in [-0.1, -0.05) is 0 Å². The highest BCUT2D eigenvalue weighted by Crippen LogP contribution is 2.46. The lowest BCUT2D eigenvalue weighted by Gasteiger charge is -2.37. The fourth-order valence-corrected chi connectivity index (χ4v) is 1.54. The fraction of sp³-hybridized carbons (Fsp3) is 0.857. The molecule has 0 aromatic rings. The summed E-state index contributed by atoms with van der Waals surface area (Å²) in [4.78, 5) is 10.6. The largest absolute Gasteiger partial charge is 0.315 e. The molecule has 0 unspecified atom stereocenters. The van der Waals surface area contributed by atoms with E-state index < -0.39 is 0 Å². The van der Waals surface area contributed by atoms with E-state index in [9.17, 15) is 4.79 Å². The van der Waals surface area contributed by atoms with E-state index in [1.807, 2.05) is 0 Å². The van der Waals surface area contributed by atoms with Gasteiger partial charge < -0.3 is 10.1 Å². The van der Waals surface area contributed by atoms with Crippen LogP contribution < -0.4 is 5.32 Å². The lowest BCUT2D eigenvalue weighted by atomic mass is 9.78. The predicted molar refractivity (Wildman–Crippen MR) is 34.1 cm³/mol. The Bertz CT molecular complexity index is 136. The van der Waals surface area contributed by atoms with Crippen molar-refractivity contribution in [1.82, 2.24) is 5.32 Å². The van der Waals surface area contributed by atoms with Crippen molar-refractivity contribution in [1.29, 1.82) is 0 Å². The molecule has 9 heavy (non-hydrogen) atoms. The molecule has 1 heterocycles. The first-order valence-corrected chi connectivity index (χ1v) is 3.54. The number of nitrogens with one attached hydrogen (secondary N) is 1. The molecule has 50 valence electrons. The molecule has 2 aliphatic rings. The Hall–Kier alpha value is -0.370. The van der Waals surface area contributed by atoms with E-state index in [2.05, 4.69) is 5.32 Å². The molecule has 2 nitrogen and oxygen atoms in total. The Morgan fingerprint density at radius 3 is 2.22 bits per heavy atom. The number of rotatable bonds is 2. The van der Waals surface area contributed by atoms with E-state index >= 15 is 0 Å². The second-order valence-electron chi connectivity index (χ2n) is 3.23. The minimum atomic E-state index is 0.0833. The highest BCUT2D eigenvalue weighted by molar-refractivity contribution is 5.63. The topological polar surface area (TPSA) is 29.1 Å². The molecule has 0 bridgehead atoms. The van der Waals surface area contributed by atoms with E-state index in [-0.39, 0.29) is 5.41 Å². The summed E-state index contributed by atoms with van der Waals surface area (Å²) in [5.41, 5.74) is 0.0833. The van der Waals surface area contributed by atoms with Crippen LogP contribution in [0.4, 0.5) is 0 Å². The van der Waals surface area contributed by atoms with Crippen molar-refractivity contribution in [3.63, 3.8) is 0 Å². The number of hydrogen-bond acceptors (Lipinski definition) is 2. The maximum absolute atomic E-state index is 10.6. The Balaban J connectivity index is 2.07. The molecule has 1 saturated carbocycles. The number of aldehydes is 1. The standard InChI is InChI=1S/C7H11NO/c9-5-7(3-8-4-7)6-1-2-6/h5-6,8H,1-4H2. The van der Waals surface area contributed by atoms with Gasteiger partial charge in [-0.3, -0.25) is 0 Å². The van der Waals surface area contributed by atoms with Crippen LogP contribution in [0.25, 0.3) is 0 Å². The predicted octanol–water partition coefficient (Wildman–Crippen LogP) is 0.185. The normalized spacial score (nSPS) is 31.1. The molecule has 1 aliphatic carbocycles. The molecule has 0 spiro atoms. The zero-order chi connectivity index (χ0) is 6.32. The Kier molecular flexibility index (Phi) is 0.943. The minimum Gasteiger partial charge on any atom is -0.315 e. The van der Waals surface area contributed by atoms with Crippen LogP contribution in [0.5, 0.6) is 0 Å². The summed E-state index contributed by atoms with van der Waals surface area (Å²) in [7, 11) is 0. The van der Waals surface area contributed by atoms with E-state index in [1.165, 1.54) is 12.8 Å². The average molecular weight is 125 g/mol. The minimum absolute atomic E-state index is 0.0833. The third-order valence-electron chi connectivity index (χ3n) is 2.53. The van der Waals surface area contributed by atoms with Crippen molar-refractivity contribution in [2.45, 2.75) is 12.8 Å².